The number of benzene rings is 1. The molecule has 1 aromatic carbocycles. The van der Waals surface area contributed by atoms with E-state index in [1.165, 1.54) is 24.0 Å². The van der Waals surface area contributed by atoms with Gasteiger partial charge in [0.2, 0.25) is 0 Å². The van der Waals surface area contributed by atoms with Gasteiger partial charge < -0.3 is 15.8 Å². The Hall–Kier alpha value is -0.900. The summed E-state index contributed by atoms with van der Waals surface area (Å²) < 4.78 is 5.55. The quantitative estimate of drug-likeness (QED) is 0.673. The highest BCUT2D eigenvalue weighted by atomic mass is 16.5. The average Bonchev–Trinajstić information content (AvgIpc) is 3.18. The molecule has 94 valence electrons. The molecule has 0 unspecified atom stereocenters. The van der Waals surface area contributed by atoms with Crippen LogP contribution in [0.4, 0.5) is 0 Å². The van der Waals surface area contributed by atoms with Gasteiger partial charge in [0.05, 0.1) is 6.61 Å². The Morgan fingerprint density at radius 2 is 1.88 bits per heavy atom. The molecule has 0 saturated heterocycles. The maximum Gasteiger partial charge on any atom is 0.0591 e. The zero-order valence-corrected chi connectivity index (χ0v) is 10.3. The van der Waals surface area contributed by atoms with Crippen molar-refractivity contribution >= 4 is 0 Å². The van der Waals surface area contributed by atoms with Crippen LogP contribution in [0.5, 0.6) is 0 Å². The van der Waals surface area contributed by atoms with Crippen LogP contribution in [-0.4, -0.2) is 19.8 Å². The SMILES string of the molecule is NCc1ccc(CNCCOCC2CC2)cc1. The predicted octanol–water partition coefficient (Wildman–Crippen LogP) is 1.66. The van der Waals surface area contributed by atoms with E-state index in [0.29, 0.717) is 6.54 Å². The van der Waals surface area contributed by atoms with Crippen LogP contribution in [-0.2, 0) is 17.8 Å². The molecular weight excluding hydrogens is 212 g/mol. The molecule has 17 heavy (non-hydrogen) atoms. The van der Waals surface area contributed by atoms with Crippen LogP contribution in [0.2, 0.25) is 0 Å². The van der Waals surface area contributed by atoms with E-state index in [4.69, 9.17) is 10.5 Å². The first-order valence-corrected chi connectivity index (χ1v) is 6.45. The summed E-state index contributed by atoms with van der Waals surface area (Å²) in [7, 11) is 0. The summed E-state index contributed by atoms with van der Waals surface area (Å²) in [5, 5.41) is 3.38. The number of hydrogen-bond donors (Lipinski definition) is 2. The van der Waals surface area contributed by atoms with Crippen LogP contribution < -0.4 is 11.1 Å². The molecule has 3 N–H and O–H groups in total. The molecule has 0 spiro atoms. The molecule has 0 radical (unpaired) electrons. The minimum atomic E-state index is 0.614. The standard InChI is InChI=1S/C14H22N2O/c15-9-12-1-3-13(4-2-12)10-16-7-8-17-11-14-5-6-14/h1-4,14,16H,5-11,15H2. The first kappa shape index (κ1) is 12.6. The molecule has 1 aliphatic rings. The van der Waals surface area contributed by atoms with E-state index >= 15 is 0 Å². The highest BCUT2D eigenvalue weighted by Gasteiger charge is 2.20. The van der Waals surface area contributed by atoms with Crippen LogP contribution in [0.1, 0.15) is 24.0 Å². The molecule has 1 aliphatic carbocycles. The molecule has 0 aliphatic heterocycles. The first-order chi connectivity index (χ1) is 8.38. The zero-order valence-electron chi connectivity index (χ0n) is 10.3. The third-order valence-corrected chi connectivity index (χ3v) is 3.06. The summed E-state index contributed by atoms with van der Waals surface area (Å²) in [5.74, 6) is 0.860. The number of nitrogens with one attached hydrogen (secondary N) is 1. The molecule has 3 nitrogen and oxygen atoms in total. The molecule has 0 heterocycles. The van der Waals surface area contributed by atoms with E-state index in [0.717, 1.165) is 32.2 Å². The smallest absolute Gasteiger partial charge is 0.0591 e. The normalized spacial score (nSPS) is 15.1. The number of hydrogen-bond acceptors (Lipinski definition) is 3. The molecule has 0 amide bonds. The Kier molecular flexibility index (Phi) is 4.98. The topological polar surface area (TPSA) is 47.3 Å². The molecule has 3 heteroatoms. The van der Waals surface area contributed by atoms with Gasteiger partial charge in [-0.2, -0.15) is 0 Å². The lowest BCUT2D eigenvalue weighted by Gasteiger charge is -2.06. The Morgan fingerprint density at radius 3 is 2.53 bits per heavy atom. The lowest BCUT2D eigenvalue weighted by atomic mass is 10.1. The van der Waals surface area contributed by atoms with E-state index in [1.54, 1.807) is 0 Å². The van der Waals surface area contributed by atoms with Gasteiger partial charge >= 0.3 is 0 Å². The second-order valence-corrected chi connectivity index (χ2v) is 4.72. The van der Waals surface area contributed by atoms with Crippen molar-refractivity contribution in [3.63, 3.8) is 0 Å². The minimum absolute atomic E-state index is 0.614. The molecule has 0 bridgehead atoms. The van der Waals surface area contributed by atoms with Crippen molar-refractivity contribution in [1.29, 1.82) is 0 Å². The van der Waals surface area contributed by atoms with Crippen LogP contribution >= 0.6 is 0 Å². The predicted molar refractivity (Wildman–Crippen MR) is 69.6 cm³/mol. The third-order valence-electron chi connectivity index (χ3n) is 3.06. The Bertz CT molecular complexity index is 319. The van der Waals surface area contributed by atoms with Gasteiger partial charge in [-0.25, -0.2) is 0 Å². The van der Waals surface area contributed by atoms with Crippen molar-refractivity contribution in [3.05, 3.63) is 35.4 Å². The van der Waals surface area contributed by atoms with Gasteiger partial charge in [0.15, 0.2) is 0 Å². The van der Waals surface area contributed by atoms with Gasteiger partial charge in [0.1, 0.15) is 0 Å². The van der Waals surface area contributed by atoms with Gasteiger partial charge in [0, 0.05) is 26.2 Å². The van der Waals surface area contributed by atoms with E-state index in [2.05, 4.69) is 29.6 Å². The Morgan fingerprint density at radius 1 is 1.18 bits per heavy atom. The molecule has 0 aromatic heterocycles. The Balaban J connectivity index is 1.53. The number of rotatable bonds is 8. The largest absolute Gasteiger partial charge is 0.380 e. The van der Waals surface area contributed by atoms with E-state index in [9.17, 15) is 0 Å². The number of nitrogens with two attached hydrogens (primary N) is 1. The van der Waals surface area contributed by atoms with Gasteiger partial charge in [-0.1, -0.05) is 24.3 Å². The second-order valence-electron chi connectivity index (χ2n) is 4.72. The van der Waals surface area contributed by atoms with Crippen LogP contribution in [0.3, 0.4) is 0 Å². The van der Waals surface area contributed by atoms with Crippen molar-refractivity contribution in [3.8, 4) is 0 Å². The minimum Gasteiger partial charge on any atom is -0.380 e. The summed E-state index contributed by atoms with van der Waals surface area (Å²) >= 11 is 0. The monoisotopic (exact) mass is 234 g/mol. The molecule has 1 aromatic rings. The average molecular weight is 234 g/mol. The Labute approximate surface area is 103 Å². The first-order valence-electron chi connectivity index (χ1n) is 6.45. The second kappa shape index (κ2) is 6.74. The van der Waals surface area contributed by atoms with E-state index < -0.39 is 0 Å². The van der Waals surface area contributed by atoms with Gasteiger partial charge in [-0.3, -0.25) is 0 Å². The fourth-order valence-corrected chi connectivity index (χ4v) is 1.70. The van der Waals surface area contributed by atoms with Crippen LogP contribution in [0, 0.1) is 5.92 Å². The summed E-state index contributed by atoms with van der Waals surface area (Å²) in [5.41, 5.74) is 8.03. The summed E-state index contributed by atoms with van der Waals surface area (Å²) in [6.45, 7) is 4.20. The summed E-state index contributed by atoms with van der Waals surface area (Å²) in [6, 6.07) is 8.42. The summed E-state index contributed by atoms with van der Waals surface area (Å²) in [4.78, 5) is 0. The van der Waals surface area contributed by atoms with Crippen molar-refractivity contribution in [2.24, 2.45) is 11.7 Å². The van der Waals surface area contributed by atoms with Crippen molar-refractivity contribution in [2.75, 3.05) is 19.8 Å². The third kappa shape index (κ3) is 4.86. The molecule has 1 saturated carbocycles. The van der Waals surface area contributed by atoms with Crippen molar-refractivity contribution in [1.82, 2.24) is 5.32 Å². The van der Waals surface area contributed by atoms with Crippen molar-refractivity contribution < 1.29 is 4.74 Å². The summed E-state index contributed by atoms with van der Waals surface area (Å²) in [6.07, 6.45) is 2.72. The molecule has 1 fully saturated rings. The highest BCUT2D eigenvalue weighted by Crippen LogP contribution is 2.28. The van der Waals surface area contributed by atoms with E-state index in [1.807, 2.05) is 0 Å². The lowest BCUT2D eigenvalue weighted by molar-refractivity contribution is 0.126. The van der Waals surface area contributed by atoms with Gasteiger partial charge in [-0.15, -0.1) is 0 Å². The fraction of sp³-hybridized carbons (Fsp3) is 0.571. The van der Waals surface area contributed by atoms with Crippen LogP contribution in [0.15, 0.2) is 24.3 Å². The van der Waals surface area contributed by atoms with Gasteiger partial charge in [-0.05, 0) is 29.9 Å². The molecular formula is C14H22N2O. The molecule has 0 atom stereocenters. The highest BCUT2D eigenvalue weighted by molar-refractivity contribution is 5.22. The zero-order chi connectivity index (χ0) is 11.9. The van der Waals surface area contributed by atoms with E-state index in [-0.39, 0.29) is 0 Å². The van der Waals surface area contributed by atoms with Crippen molar-refractivity contribution in [2.45, 2.75) is 25.9 Å². The number of ether oxygens (including phenoxy) is 1. The van der Waals surface area contributed by atoms with Crippen LogP contribution in [0.25, 0.3) is 0 Å². The van der Waals surface area contributed by atoms with Gasteiger partial charge in [0.25, 0.3) is 0 Å². The maximum absolute atomic E-state index is 5.55. The maximum atomic E-state index is 5.55. The fourth-order valence-electron chi connectivity index (χ4n) is 1.70. The lowest BCUT2D eigenvalue weighted by Crippen LogP contribution is -2.19. The molecule has 2 rings (SSSR count).